The minimum Gasteiger partial charge on any atom is -0.460 e. The number of carbonyl (C=O) groups excluding carboxylic acids is 1. The lowest BCUT2D eigenvalue weighted by atomic mass is 10.2. The van der Waals surface area contributed by atoms with Crippen LogP contribution in [0.15, 0.2) is 30.4 Å². The standard InChI is InChI=1S/C13H18N2O3/c1-9(2)13(16)18-4-3-17-8-10-5-11(14)7-12(15)6-10/h5-7H,1,3-4,8,14-15H2,2H3. The zero-order valence-electron chi connectivity index (χ0n) is 10.4. The Bertz CT molecular complexity index is 424. The van der Waals surface area contributed by atoms with E-state index in [2.05, 4.69) is 6.58 Å². The molecule has 1 rings (SSSR count). The van der Waals surface area contributed by atoms with Crippen LogP contribution >= 0.6 is 0 Å². The number of hydrogen-bond donors (Lipinski definition) is 2. The molecule has 0 heterocycles. The Morgan fingerprint density at radius 2 is 1.83 bits per heavy atom. The maximum absolute atomic E-state index is 11.1. The Labute approximate surface area is 106 Å². The van der Waals surface area contributed by atoms with Gasteiger partial charge in [0.25, 0.3) is 0 Å². The van der Waals surface area contributed by atoms with Gasteiger partial charge in [0.05, 0.1) is 13.2 Å². The van der Waals surface area contributed by atoms with Crippen LogP contribution in [0, 0.1) is 0 Å². The van der Waals surface area contributed by atoms with Crippen molar-refractivity contribution in [2.45, 2.75) is 13.5 Å². The molecule has 18 heavy (non-hydrogen) atoms. The summed E-state index contributed by atoms with van der Waals surface area (Å²) < 4.78 is 10.2. The maximum Gasteiger partial charge on any atom is 0.333 e. The maximum atomic E-state index is 11.1. The van der Waals surface area contributed by atoms with Gasteiger partial charge in [-0.15, -0.1) is 0 Å². The number of anilines is 2. The summed E-state index contributed by atoms with van der Waals surface area (Å²) in [6, 6.07) is 5.25. The minimum absolute atomic E-state index is 0.198. The third-order valence-corrected chi connectivity index (χ3v) is 2.12. The average molecular weight is 250 g/mol. The molecule has 0 aliphatic heterocycles. The molecule has 0 amide bonds. The number of nitrogen functional groups attached to an aromatic ring is 2. The molecular formula is C13H18N2O3. The van der Waals surface area contributed by atoms with Gasteiger partial charge in [0.2, 0.25) is 0 Å². The summed E-state index contributed by atoms with van der Waals surface area (Å²) in [5.41, 5.74) is 13.8. The Morgan fingerprint density at radius 1 is 1.22 bits per heavy atom. The van der Waals surface area contributed by atoms with E-state index in [1.54, 1.807) is 25.1 Å². The summed E-state index contributed by atoms with van der Waals surface area (Å²) >= 11 is 0. The zero-order valence-corrected chi connectivity index (χ0v) is 10.4. The molecule has 0 saturated heterocycles. The van der Waals surface area contributed by atoms with Gasteiger partial charge in [-0.25, -0.2) is 4.79 Å². The summed E-state index contributed by atoms with van der Waals surface area (Å²) in [5.74, 6) is -0.410. The highest BCUT2D eigenvalue weighted by atomic mass is 16.6. The molecule has 0 saturated carbocycles. The minimum atomic E-state index is -0.410. The van der Waals surface area contributed by atoms with Crippen LogP contribution < -0.4 is 11.5 Å². The molecule has 0 aromatic heterocycles. The fraction of sp³-hybridized carbons (Fsp3) is 0.308. The van der Waals surface area contributed by atoms with Gasteiger partial charge in [-0.3, -0.25) is 0 Å². The second kappa shape index (κ2) is 6.66. The van der Waals surface area contributed by atoms with Gasteiger partial charge < -0.3 is 20.9 Å². The Kier molecular flexibility index (Phi) is 5.20. The molecule has 1 aromatic rings. The second-order valence-electron chi connectivity index (χ2n) is 3.98. The summed E-state index contributed by atoms with van der Waals surface area (Å²) in [5, 5.41) is 0. The van der Waals surface area contributed by atoms with Crippen LogP contribution in [-0.4, -0.2) is 19.2 Å². The lowest BCUT2D eigenvalue weighted by Crippen LogP contribution is -2.11. The molecule has 1 aromatic carbocycles. The van der Waals surface area contributed by atoms with Crippen LogP contribution in [0.2, 0.25) is 0 Å². The van der Waals surface area contributed by atoms with Gasteiger partial charge in [-0.1, -0.05) is 6.58 Å². The molecule has 4 N–H and O–H groups in total. The van der Waals surface area contributed by atoms with Crippen molar-refractivity contribution in [3.8, 4) is 0 Å². The smallest absolute Gasteiger partial charge is 0.333 e. The predicted molar refractivity (Wildman–Crippen MR) is 70.7 cm³/mol. The number of ether oxygens (including phenoxy) is 2. The van der Waals surface area contributed by atoms with Crippen molar-refractivity contribution in [1.82, 2.24) is 0 Å². The first-order valence-corrected chi connectivity index (χ1v) is 5.54. The van der Waals surface area contributed by atoms with Crippen molar-refractivity contribution >= 4 is 17.3 Å². The molecule has 5 heteroatoms. The second-order valence-corrected chi connectivity index (χ2v) is 3.98. The van der Waals surface area contributed by atoms with E-state index in [-0.39, 0.29) is 6.61 Å². The van der Waals surface area contributed by atoms with Crippen LogP contribution in [0.5, 0.6) is 0 Å². The van der Waals surface area contributed by atoms with Crippen LogP contribution in [0.1, 0.15) is 12.5 Å². The molecule has 0 atom stereocenters. The summed E-state index contributed by atoms with van der Waals surface area (Å²) in [7, 11) is 0. The van der Waals surface area contributed by atoms with Crippen molar-refractivity contribution in [2.24, 2.45) is 0 Å². The van der Waals surface area contributed by atoms with Gasteiger partial charge in [-0.2, -0.15) is 0 Å². The third kappa shape index (κ3) is 4.88. The van der Waals surface area contributed by atoms with Gasteiger partial charge in [0.1, 0.15) is 6.61 Å². The number of nitrogens with two attached hydrogens (primary N) is 2. The number of carbonyl (C=O) groups is 1. The molecule has 5 nitrogen and oxygen atoms in total. The summed E-state index contributed by atoms with van der Waals surface area (Å²) in [6.07, 6.45) is 0. The van der Waals surface area contributed by atoms with Crippen molar-refractivity contribution in [3.05, 3.63) is 35.9 Å². The third-order valence-electron chi connectivity index (χ3n) is 2.12. The van der Waals surface area contributed by atoms with E-state index in [1.165, 1.54) is 0 Å². The van der Waals surface area contributed by atoms with E-state index in [0.717, 1.165) is 5.56 Å². The van der Waals surface area contributed by atoms with E-state index >= 15 is 0 Å². The summed E-state index contributed by atoms with van der Waals surface area (Å²) in [4.78, 5) is 11.1. The first-order valence-electron chi connectivity index (χ1n) is 5.54. The van der Waals surface area contributed by atoms with Gasteiger partial charge in [-0.05, 0) is 30.7 Å². The highest BCUT2D eigenvalue weighted by molar-refractivity contribution is 5.86. The Morgan fingerprint density at radius 3 is 2.39 bits per heavy atom. The topological polar surface area (TPSA) is 87.6 Å². The number of esters is 1. The Balaban J connectivity index is 2.26. The number of hydrogen-bond acceptors (Lipinski definition) is 5. The van der Waals surface area contributed by atoms with Crippen molar-refractivity contribution in [1.29, 1.82) is 0 Å². The van der Waals surface area contributed by atoms with E-state index in [4.69, 9.17) is 20.9 Å². The summed E-state index contributed by atoms with van der Waals surface area (Å²) in [6.45, 7) is 5.96. The average Bonchev–Trinajstić information content (AvgIpc) is 2.26. The normalized spacial score (nSPS) is 10.1. The quantitative estimate of drug-likeness (QED) is 0.345. The fourth-order valence-corrected chi connectivity index (χ4v) is 1.34. The number of benzene rings is 1. The van der Waals surface area contributed by atoms with Crippen molar-refractivity contribution in [3.63, 3.8) is 0 Å². The highest BCUT2D eigenvalue weighted by Crippen LogP contribution is 2.14. The van der Waals surface area contributed by atoms with E-state index in [0.29, 0.717) is 30.2 Å². The molecule has 0 fully saturated rings. The molecule has 0 aliphatic carbocycles. The van der Waals surface area contributed by atoms with Crippen LogP contribution in [0.4, 0.5) is 11.4 Å². The first kappa shape index (κ1) is 14.1. The molecule has 0 aliphatic rings. The lowest BCUT2D eigenvalue weighted by Gasteiger charge is -2.07. The predicted octanol–water partition coefficient (Wildman–Crippen LogP) is 1.49. The number of rotatable bonds is 6. The van der Waals surface area contributed by atoms with Gasteiger partial charge in [0.15, 0.2) is 0 Å². The van der Waals surface area contributed by atoms with Crippen LogP contribution in [-0.2, 0) is 20.9 Å². The first-order chi connectivity index (χ1) is 8.49. The largest absolute Gasteiger partial charge is 0.460 e. The van der Waals surface area contributed by atoms with E-state index < -0.39 is 5.97 Å². The molecule has 0 radical (unpaired) electrons. The van der Waals surface area contributed by atoms with Gasteiger partial charge >= 0.3 is 5.97 Å². The molecule has 98 valence electrons. The molecule has 0 spiro atoms. The van der Waals surface area contributed by atoms with Crippen LogP contribution in [0.3, 0.4) is 0 Å². The van der Waals surface area contributed by atoms with E-state index in [1.807, 2.05) is 0 Å². The monoisotopic (exact) mass is 250 g/mol. The van der Waals surface area contributed by atoms with Crippen molar-refractivity contribution < 1.29 is 14.3 Å². The highest BCUT2D eigenvalue weighted by Gasteiger charge is 2.02. The van der Waals surface area contributed by atoms with Gasteiger partial charge in [0, 0.05) is 16.9 Å². The molecule has 0 unspecified atom stereocenters. The lowest BCUT2D eigenvalue weighted by molar-refractivity contribution is -0.140. The van der Waals surface area contributed by atoms with Crippen LogP contribution in [0.25, 0.3) is 0 Å². The molecular weight excluding hydrogens is 232 g/mol. The van der Waals surface area contributed by atoms with E-state index in [9.17, 15) is 4.79 Å². The SMILES string of the molecule is C=C(C)C(=O)OCCOCc1cc(N)cc(N)c1. The zero-order chi connectivity index (χ0) is 13.5. The Hall–Kier alpha value is -2.01. The molecule has 0 bridgehead atoms. The fourth-order valence-electron chi connectivity index (χ4n) is 1.34. The van der Waals surface area contributed by atoms with Crippen molar-refractivity contribution in [2.75, 3.05) is 24.7 Å².